The predicted octanol–water partition coefficient (Wildman–Crippen LogP) is 2.13. The molecule has 24 heavy (non-hydrogen) atoms. The van der Waals surface area contributed by atoms with Crippen molar-refractivity contribution in [3.8, 4) is 0 Å². The van der Waals surface area contributed by atoms with Crippen molar-refractivity contribution >= 4 is 23.2 Å². The third-order valence-corrected chi connectivity index (χ3v) is 5.33. The molecule has 1 atom stereocenters. The molecular formula is C17H18FN3O2S. The van der Waals surface area contributed by atoms with Gasteiger partial charge in [-0.3, -0.25) is 9.59 Å². The van der Waals surface area contributed by atoms with Gasteiger partial charge in [-0.2, -0.15) is 0 Å². The van der Waals surface area contributed by atoms with Crippen molar-refractivity contribution in [2.24, 2.45) is 11.7 Å². The van der Waals surface area contributed by atoms with Crippen LogP contribution in [0.15, 0.2) is 24.3 Å². The fourth-order valence-electron chi connectivity index (χ4n) is 2.82. The molecule has 0 bridgehead atoms. The second-order valence-corrected chi connectivity index (χ2v) is 7.05. The Bertz CT molecular complexity index is 773. The Balaban J connectivity index is 1.73. The number of nitrogens with two attached hydrogens (primary N) is 1. The maximum absolute atomic E-state index is 13.0. The van der Waals surface area contributed by atoms with Gasteiger partial charge in [-0.05, 0) is 31.0 Å². The van der Waals surface area contributed by atoms with Gasteiger partial charge in [0.1, 0.15) is 10.7 Å². The van der Waals surface area contributed by atoms with Crippen LogP contribution in [0.1, 0.15) is 32.4 Å². The molecule has 0 saturated carbocycles. The molecule has 126 valence electrons. The second-order valence-electron chi connectivity index (χ2n) is 5.96. The van der Waals surface area contributed by atoms with Crippen molar-refractivity contribution < 1.29 is 14.0 Å². The fourth-order valence-corrected chi connectivity index (χ4v) is 3.89. The molecule has 7 heteroatoms. The smallest absolute Gasteiger partial charge is 0.265 e. The zero-order valence-electron chi connectivity index (χ0n) is 13.3. The van der Waals surface area contributed by atoms with Crippen LogP contribution < -0.4 is 5.73 Å². The number of aryl methyl sites for hydroxylation is 1. The number of nitrogens with zero attached hydrogens (tertiary/aromatic N) is 2. The number of thiazole rings is 1. The predicted molar refractivity (Wildman–Crippen MR) is 89.3 cm³/mol. The molecule has 0 radical (unpaired) electrons. The van der Waals surface area contributed by atoms with E-state index in [0.717, 1.165) is 10.6 Å². The van der Waals surface area contributed by atoms with Crippen LogP contribution in [0.25, 0.3) is 0 Å². The van der Waals surface area contributed by atoms with Crippen molar-refractivity contribution in [2.45, 2.75) is 19.8 Å². The minimum absolute atomic E-state index is 0.0980. The Kier molecular flexibility index (Phi) is 4.62. The summed E-state index contributed by atoms with van der Waals surface area (Å²) < 4.78 is 13.0. The summed E-state index contributed by atoms with van der Waals surface area (Å²) in [6.07, 6.45) is 1.17. The monoisotopic (exact) mass is 347 g/mol. The third kappa shape index (κ3) is 3.46. The molecule has 0 aliphatic carbocycles. The fraction of sp³-hybridized carbons (Fsp3) is 0.353. The molecule has 1 fully saturated rings. The lowest BCUT2D eigenvalue weighted by atomic mass is 10.1. The summed E-state index contributed by atoms with van der Waals surface area (Å²) in [5.41, 5.74) is 6.94. The van der Waals surface area contributed by atoms with Gasteiger partial charge in [-0.1, -0.05) is 12.1 Å². The zero-order valence-corrected chi connectivity index (χ0v) is 14.1. The molecule has 2 heterocycles. The van der Waals surface area contributed by atoms with E-state index in [1.165, 1.54) is 23.5 Å². The van der Waals surface area contributed by atoms with Gasteiger partial charge >= 0.3 is 0 Å². The van der Waals surface area contributed by atoms with Crippen molar-refractivity contribution in [1.82, 2.24) is 9.88 Å². The molecular weight excluding hydrogens is 329 g/mol. The molecule has 5 nitrogen and oxygen atoms in total. The quantitative estimate of drug-likeness (QED) is 0.920. The number of rotatable bonds is 4. The number of primary amides is 1. The molecule has 2 aromatic rings. The summed E-state index contributed by atoms with van der Waals surface area (Å²) >= 11 is 1.35. The van der Waals surface area contributed by atoms with Crippen LogP contribution in [0, 0.1) is 18.7 Å². The first-order valence-electron chi connectivity index (χ1n) is 7.73. The molecule has 2 amide bonds. The summed E-state index contributed by atoms with van der Waals surface area (Å²) in [4.78, 5) is 30.6. The average molecular weight is 347 g/mol. The lowest BCUT2D eigenvalue weighted by molar-refractivity contribution is -0.121. The Morgan fingerprint density at radius 2 is 2.08 bits per heavy atom. The molecule has 3 rings (SSSR count). The maximum atomic E-state index is 13.0. The SMILES string of the molecule is Cc1nc(Cc2ccc(F)cc2)sc1C(=O)N1CC[C@H](C(N)=O)C1. The number of aromatic nitrogens is 1. The van der Waals surface area contributed by atoms with Gasteiger partial charge in [-0.15, -0.1) is 11.3 Å². The number of carbonyl (C=O) groups is 2. The standard InChI is InChI=1S/C17H18FN3O2S/c1-10-15(17(23)21-7-6-12(9-21)16(19)22)24-14(20-10)8-11-2-4-13(18)5-3-11/h2-5,12H,6-9H2,1H3,(H2,19,22)/t12-/m0/s1. The summed E-state index contributed by atoms with van der Waals surface area (Å²) in [6, 6.07) is 6.25. The average Bonchev–Trinajstić information content (AvgIpc) is 3.16. The van der Waals surface area contributed by atoms with Crippen LogP contribution in [0.3, 0.4) is 0 Å². The number of benzene rings is 1. The Labute approximate surface area is 143 Å². The molecule has 1 aromatic carbocycles. The first kappa shape index (κ1) is 16.6. The topological polar surface area (TPSA) is 76.3 Å². The van der Waals surface area contributed by atoms with Crippen molar-refractivity contribution in [3.05, 3.63) is 51.2 Å². The summed E-state index contributed by atoms with van der Waals surface area (Å²) in [7, 11) is 0. The van der Waals surface area contributed by atoms with Gasteiger partial charge in [-0.25, -0.2) is 9.37 Å². The number of hydrogen-bond donors (Lipinski definition) is 1. The van der Waals surface area contributed by atoms with Gasteiger partial charge in [0.05, 0.1) is 16.6 Å². The van der Waals surface area contributed by atoms with E-state index in [9.17, 15) is 14.0 Å². The largest absolute Gasteiger partial charge is 0.369 e. The van der Waals surface area contributed by atoms with Crippen molar-refractivity contribution in [2.75, 3.05) is 13.1 Å². The van der Waals surface area contributed by atoms with Crippen LogP contribution in [0.4, 0.5) is 4.39 Å². The molecule has 1 aliphatic heterocycles. The van der Waals surface area contributed by atoms with Gasteiger partial charge in [0.2, 0.25) is 5.91 Å². The highest BCUT2D eigenvalue weighted by Gasteiger charge is 2.31. The highest BCUT2D eigenvalue weighted by molar-refractivity contribution is 7.13. The third-order valence-electron chi connectivity index (χ3n) is 4.18. The molecule has 2 N–H and O–H groups in total. The lowest BCUT2D eigenvalue weighted by Gasteiger charge is -2.14. The van der Waals surface area contributed by atoms with E-state index in [2.05, 4.69) is 4.98 Å². The molecule has 0 unspecified atom stereocenters. The van der Waals surface area contributed by atoms with Gasteiger partial charge in [0.25, 0.3) is 5.91 Å². The highest BCUT2D eigenvalue weighted by atomic mass is 32.1. The van der Waals surface area contributed by atoms with E-state index in [0.29, 0.717) is 36.5 Å². The van der Waals surface area contributed by atoms with E-state index in [1.807, 2.05) is 0 Å². The minimum Gasteiger partial charge on any atom is -0.369 e. The number of carbonyl (C=O) groups excluding carboxylic acids is 2. The zero-order chi connectivity index (χ0) is 17.3. The normalized spacial score (nSPS) is 17.2. The van der Waals surface area contributed by atoms with Crippen LogP contribution in [0.2, 0.25) is 0 Å². The minimum atomic E-state index is -0.358. The van der Waals surface area contributed by atoms with E-state index < -0.39 is 0 Å². The van der Waals surface area contributed by atoms with Crippen molar-refractivity contribution in [1.29, 1.82) is 0 Å². The molecule has 1 aromatic heterocycles. The van der Waals surface area contributed by atoms with E-state index in [4.69, 9.17) is 5.73 Å². The second kappa shape index (κ2) is 6.68. The summed E-state index contributed by atoms with van der Waals surface area (Å²) in [5.74, 6) is -0.994. The van der Waals surface area contributed by atoms with Crippen LogP contribution in [0.5, 0.6) is 0 Å². The van der Waals surface area contributed by atoms with Gasteiger partial charge in [0.15, 0.2) is 0 Å². The van der Waals surface area contributed by atoms with E-state index >= 15 is 0 Å². The van der Waals surface area contributed by atoms with Crippen LogP contribution in [-0.4, -0.2) is 34.8 Å². The van der Waals surface area contributed by atoms with Crippen molar-refractivity contribution in [3.63, 3.8) is 0 Å². The first-order chi connectivity index (χ1) is 11.4. The Morgan fingerprint density at radius 3 is 2.71 bits per heavy atom. The molecule has 0 spiro atoms. The number of hydrogen-bond acceptors (Lipinski definition) is 4. The Morgan fingerprint density at radius 1 is 1.38 bits per heavy atom. The maximum Gasteiger partial charge on any atom is 0.265 e. The van der Waals surface area contributed by atoms with Gasteiger partial charge < -0.3 is 10.6 Å². The molecule has 1 saturated heterocycles. The highest BCUT2D eigenvalue weighted by Crippen LogP contribution is 2.25. The van der Waals surface area contributed by atoms with E-state index in [1.54, 1.807) is 24.0 Å². The lowest BCUT2D eigenvalue weighted by Crippen LogP contribution is -2.31. The van der Waals surface area contributed by atoms with E-state index in [-0.39, 0.29) is 23.5 Å². The number of amides is 2. The Hall–Kier alpha value is -2.28. The summed E-state index contributed by atoms with van der Waals surface area (Å²) in [6.45, 7) is 2.72. The summed E-state index contributed by atoms with van der Waals surface area (Å²) in [5, 5.41) is 0.813. The number of halogens is 1. The first-order valence-corrected chi connectivity index (χ1v) is 8.55. The molecule has 1 aliphatic rings. The van der Waals surface area contributed by atoms with Crippen LogP contribution >= 0.6 is 11.3 Å². The van der Waals surface area contributed by atoms with Gasteiger partial charge in [0, 0.05) is 19.5 Å². The van der Waals surface area contributed by atoms with Crippen LogP contribution in [-0.2, 0) is 11.2 Å². The number of likely N-dealkylation sites (tertiary alicyclic amines) is 1.